The lowest BCUT2D eigenvalue weighted by Crippen LogP contribution is -2.63. The number of methoxy groups -OCH3 is 5. The van der Waals surface area contributed by atoms with E-state index in [1.807, 2.05) is 0 Å². The van der Waals surface area contributed by atoms with E-state index in [1.54, 1.807) is 26.0 Å². The molecule has 4 fully saturated rings. The van der Waals surface area contributed by atoms with Gasteiger partial charge in [-0.15, -0.1) is 0 Å². The van der Waals surface area contributed by atoms with Crippen LogP contribution < -0.4 is 39.1 Å². The predicted molar refractivity (Wildman–Crippen MR) is 319 cm³/mol. The van der Waals surface area contributed by atoms with Crippen LogP contribution in [0.2, 0.25) is 0 Å². The number of aliphatic hydroxyl groups excluding tert-OH is 5. The van der Waals surface area contributed by atoms with Crippen LogP contribution in [0.3, 0.4) is 0 Å². The second kappa shape index (κ2) is 38.9. The van der Waals surface area contributed by atoms with Crippen molar-refractivity contribution < 1.29 is 107 Å². The molecular formula is C57H88BrN5O25. The molecule has 0 bridgehead atoms. The van der Waals surface area contributed by atoms with Crippen LogP contribution >= 0.6 is 15.9 Å². The highest BCUT2D eigenvalue weighted by Crippen LogP contribution is 2.38. The number of nitro groups is 3. The second-order valence-electron chi connectivity index (χ2n) is 20.2. The summed E-state index contributed by atoms with van der Waals surface area (Å²) in [5.74, 6) is 1.79. The molecule has 0 aliphatic carbocycles. The largest absolute Gasteiger partial charge is 0.493 e. The summed E-state index contributed by atoms with van der Waals surface area (Å²) < 4.78 is 77.0. The van der Waals surface area contributed by atoms with Crippen LogP contribution in [0.25, 0.3) is 0 Å². The summed E-state index contributed by atoms with van der Waals surface area (Å²) in [7, 11) is 7.24. The van der Waals surface area contributed by atoms with Crippen molar-refractivity contribution in [2.75, 3.05) is 100 Å². The molecule has 88 heavy (non-hydrogen) atoms. The number of halogens is 1. The van der Waals surface area contributed by atoms with E-state index >= 15 is 0 Å². The standard InChI is InChI=1S/C23H36N2O10.C18H28N2O9.C15H20BrNO6.CH4/c1-14-21(22(27)23(31-3)19(12-26)35-14)24-7-9-32-18-11-16(25(28)29)15(10-17(18)30-2)13-34-20-6-4-5-8-33-20;1-10-16(17(23)18(27-3)15(9-22)29-10)19-4-5-28-14-7-12(20(24)25)11(8-21)6-13(14)26-2;1-20-13-8-11(10-23-15-4-2-3-6-22-15)12(17(18)19)9-14(13)21-7-5-16;/h10-11,14,19-24,26-27H,4-9,12-13H2,1-3H3;6-7,10,15-19,21-23H,4-5,8-9H2,1-3H3;8-9,15H,2-7,10H2,1H3;1H4. The van der Waals surface area contributed by atoms with E-state index in [9.17, 15) is 55.9 Å². The van der Waals surface area contributed by atoms with Gasteiger partial charge in [-0.3, -0.25) is 30.3 Å². The molecule has 4 aliphatic heterocycles. The molecule has 12 unspecified atom stereocenters. The fourth-order valence-electron chi connectivity index (χ4n) is 10.2. The molecular weight excluding hydrogens is 1230 g/mol. The van der Waals surface area contributed by atoms with Gasteiger partial charge in [0.05, 0.1) is 135 Å². The van der Waals surface area contributed by atoms with Gasteiger partial charge in [0, 0.05) is 45.9 Å². The Morgan fingerprint density at radius 1 is 0.557 bits per heavy atom. The molecule has 12 atom stereocenters. The molecule has 31 heteroatoms. The Labute approximate surface area is 519 Å². The molecule has 30 nitrogen and oxygen atoms in total. The fraction of sp³-hybridized carbons (Fsp3) is 0.684. The molecule has 0 spiro atoms. The van der Waals surface area contributed by atoms with Gasteiger partial charge in [-0.25, -0.2) is 0 Å². The van der Waals surface area contributed by atoms with Crippen LogP contribution in [0.4, 0.5) is 17.1 Å². The zero-order chi connectivity index (χ0) is 63.6. The molecule has 0 saturated carbocycles. The van der Waals surface area contributed by atoms with Crippen molar-refractivity contribution in [3.05, 3.63) is 83.4 Å². The van der Waals surface area contributed by atoms with Crippen molar-refractivity contribution >= 4 is 33.0 Å². The van der Waals surface area contributed by atoms with Gasteiger partial charge in [0.1, 0.15) is 49.8 Å². The third-order valence-corrected chi connectivity index (χ3v) is 15.0. The first-order valence-electron chi connectivity index (χ1n) is 28.4. The summed E-state index contributed by atoms with van der Waals surface area (Å²) in [5.41, 5.74) is 0.481. The first-order chi connectivity index (χ1) is 41.9. The van der Waals surface area contributed by atoms with E-state index in [2.05, 4.69) is 26.6 Å². The summed E-state index contributed by atoms with van der Waals surface area (Å²) in [4.78, 5) is 32.6. The number of aliphatic hydroxyl groups is 5. The smallest absolute Gasteiger partial charge is 0.278 e. The molecule has 3 aromatic rings. The first kappa shape index (κ1) is 75.0. The normalized spacial score (nSPS) is 25.1. The van der Waals surface area contributed by atoms with Gasteiger partial charge >= 0.3 is 0 Å². The van der Waals surface area contributed by atoms with Gasteiger partial charge in [0.2, 0.25) is 0 Å². The van der Waals surface area contributed by atoms with Gasteiger partial charge in [-0.2, -0.15) is 0 Å². The molecule has 0 amide bonds. The number of hydrogen-bond donors (Lipinski definition) is 7. The Kier molecular flexibility index (Phi) is 33.2. The number of ether oxygens (including phenoxy) is 14. The quantitative estimate of drug-likeness (QED) is 0.0204. The van der Waals surface area contributed by atoms with Crippen molar-refractivity contribution in [3.63, 3.8) is 0 Å². The van der Waals surface area contributed by atoms with Gasteiger partial charge in [-0.1, -0.05) is 23.4 Å². The molecule has 4 saturated heterocycles. The van der Waals surface area contributed by atoms with Crippen LogP contribution in [0.1, 0.15) is 76.5 Å². The zero-order valence-electron chi connectivity index (χ0n) is 49.9. The minimum atomic E-state index is -0.902. The fourth-order valence-corrected chi connectivity index (χ4v) is 10.3. The maximum absolute atomic E-state index is 11.7. The van der Waals surface area contributed by atoms with E-state index in [0.29, 0.717) is 66.6 Å². The van der Waals surface area contributed by atoms with E-state index < -0.39 is 70.1 Å². The third kappa shape index (κ3) is 21.3. The highest BCUT2D eigenvalue weighted by atomic mass is 79.9. The zero-order valence-corrected chi connectivity index (χ0v) is 51.5. The molecule has 0 radical (unpaired) electrons. The lowest BCUT2D eigenvalue weighted by atomic mass is 9.93. The minimum absolute atomic E-state index is 0. The van der Waals surface area contributed by atoms with Gasteiger partial charge < -0.3 is 102 Å². The monoisotopic (exact) mass is 1320 g/mol. The lowest BCUT2D eigenvalue weighted by Gasteiger charge is -2.43. The number of nitrogens with one attached hydrogen (secondary N) is 2. The Balaban J connectivity index is 0.000000287. The Morgan fingerprint density at radius 3 is 1.23 bits per heavy atom. The highest BCUT2D eigenvalue weighted by Gasteiger charge is 2.44. The predicted octanol–water partition coefficient (Wildman–Crippen LogP) is 4.78. The maximum Gasteiger partial charge on any atom is 0.278 e. The number of hydrogen-bond acceptors (Lipinski definition) is 27. The van der Waals surface area contributed by atoms with Crippen LogP contribution in [0, 0.1) is 30.3 Å². The number of rotatable bonds is 30. The molecule has 0 aromatic heterocycles. The summed E-state index contributed by atoms with van der Waals surface area (Å²) >= 11 is 3.25. The van der Waals surface area contributed by atoms with Crippen molar-refractivity contribution in [3.8, 4) is 34.5 Å². The van der Waals surface area contributed by atoms with Crippen LogP contribution in [-0.2, 0) is 57.7 Å². The summed E-state index contributed by atoms with van der Waals surface area (Å²) in [5, 5.41) is 90.3. The van der Waals surface area contributed by atoms with Crippen LogP contribution in [0.15, 0.2) is 36.4 Å². The van der Waals surface area contributed by atoms with E-state index in [4.69, 9.17) is 66.3 Å². The molecule has 4 aliphatic rings. The Morgan fingerprint density at radius 2 is 0.920 bits per heavy atom. The van der Waals surface area contributed by atoms with Crippen molar-refractivity contribution in [1.29, 1.82) is 0 Å². The minimum Gasteiger partial charge on any atom is -0.493 e. The topological polar surface area (TPSA) is 384 Å². The van der Waals surface area contributed by atoms with Crippen LogP contribution in [-0.4, -0.2) is 214 Å². The average molecular weight is 1320 g/mol. The number of nitro benzene ring substituents is 3. The molecule has 7 rings (SSSR count). The molecule has 4 heterocycles. The van der Waals surface area contributed by atoms with Crippen LogP contribution in [0.5, 0.6) is 34.5 Å². The highest BCUT2D eigenvalue weighted by molar-refractivity contribution is 9.09. The Bertz CT molecular complexity index is 2580. The number of benzene rings is 3. The van der Waals surface area contributed by atoms with Crippen molar-refractivity contribution in [1.82, 2.24) is 10.6 Å². The summed E-state index contributed by atoms with van der Waals surface area (Å²) in [6.07, 6.45) is -0.231. The average Bonchev–Trinajstić information content (AvgIpc) is 3.08. The maximum atomic E-state index is 11.7. The molecule has 3 aromatic carbocycles. The number of nitrogens with zero attached hydrogens (tertiary/aromatic N) is 3. The second-order valence-corrected chi connectivity index (χ2v) is 21.0. The van der Waals surface area contributed by atoms with Gasteiger partial charge in [0.25, 0.3) is 17.1 Å². The van der Waals surface area contributed by atoms with Gasteiger partial charge in [-0.05, 0) is 70.6 Å². The van der Waals surface area contributed by atoms with E-state index in [1.165, 1.54) is 59.8 Å². The lowest BCUT2D eigenvalue weighted by molar-refractivity contribution is -0.386. The molecule has 7 N–H and O–H groups in total. The first-order valence-corrected chi connectivity index (χ1v) is 29.5. The third-order valence-electron chi connectivity index (χ3n) is 14.6. The van der Waals surface area contributed by atoms with E-state index in [-0.39, 0.29) is 112 Å². The van der Waals surface area contributed by atoms with Gasteiger partial charge in [0.15, 0.2) is 47.1 Å². The summed E-state index contributed by atoms with van der Waals surface area (Å²) in [6, 6.07) is 7.49. The molecule has 498 valence electrons. The summed E-state index contributed by atoms with van der Waals surface area (Å²) in [6.45, 7) is 5.22. The SMILES string of the molecule is C.COc1cc(CO)c([N+](=O)[O-])cc1OCCNC1C(C)OC(CO)C(OC)C1O.COc1cc(COC2CCCCO2)c([N+](=O)[O-])cc1OCCBr.COc1cc(COC2CCCCO2)c([N+](=O)[O-])cc1OCCNC1C(C)OC(CO)C(OC)C1O. The number of alkyl halides is 1. The van der Waals surface area contributed by atoms with E-state index in [0.717, 1.165) is 38.5 Å². The Hall–Kier alpha value is -5.46. The van der Waals surface area contributed by atoms with Crippen molar-refractivity contribution in [2.24, 2.45) is 0 Å². The van der Waals surface area contributed by atoms with Crippen molar-refractivity contribution in [2.45, 2.75) is 153 Å².